The van der Waals surface area contributed by atoms with Gasteiger partial charge in [-0.25, -0.2) is 0 Å². The quantitative estimate of drug-likeness (QED) is 0.384. The molecular formula is C29H29N3O3. The number of hydrogen-bond donors (Lipinski definition) is 3. The van der Waals surface area contributed by atoms with E-state index in [1.807, 2.05) is 47.5 Å². The maximum atomic E-state index is 13.4. The molecule has 1 amide bonds. The number of carbonyl (C=O) groups is 1. The van der Waals surface area contributed by atoms with Crippen LogP contribution in [0.25, 0.3) is 10.9 Å². The van der Waals surface area contributed by atoms with Crippen molar-refractivity contribution >= 4 is 16.8 Å². The highest BCUT2D eigenvalue weighted by atomic mass is 16.3. The lowest BCUT2D eigenvalue weighted by molar-refractivity contribution is 0.0575. The van der Waals surface area contributed by atoms with Crippen molar-refractivity contribution in [1.82, 2.24) is 15.2 Å². The number of carbonyl (C=O) groups excluding carboxylic acids is 1. The van der Waals surface area contributed by atoms with Crippen molar-refractivity contribution in [3.05, 3.63) is 102 Å². The third kappa shape index (κ3) is 5.28. The van der Waals surface area contributed by atoms with Crippen molar-refractivity contribution in [3.63, 3.8) is 0 Å². The van der Waals surface area contributed by atoms with E-state index in [1.165, 1.54) is 29.3 Å². The molecule has 0 bridgehead atoms. The van der Waals surface area contributed by atoms with Gasteiger partial charge in [-0.15, -0.1) is 0 Å². The topological polar surface area (TPSA) is 85.7 Å². The van der Waals surface area contributed by atoms with E-state index in [1.54, 1.807) is 0 Å². The Balaban J connectivity index is 1.34. The van der Waals surface area contributed by atoms with Gasteiger partial charge in [0.15, 0.2) is 0 Å². The van der Waals surface area contributed by atoms with Crippen molar-refractivity contribution in [2.45, 2.75) is 37.9 Å². The summed E-state index contributed by atoms with van der Waals surface area (Å²) in [5.41, 5.74) is 3.68. The number of para-hydroxylation sites is 1. The van der Waals surface area contributed by atoms with E-state index < -0.39 is 0 Å². The number of aromatic hydroxyl groups is 2. The van der Waals surface area contributed by atoms with Gasteiger partial charge in [-0.3, -0.25) is 9.78 Å². The molecular weight excluding hydrogens is 438 g/mol. The summed E-state index contributed by atoms with van der Waals surface area (Å²) in [6.07, 6.45) is 4.23. The van der Waals surface area contributed by atoms with Crippen molar-refractivity contribution in [2.75, 3.05) is 6.54 Å². The third-order valence-corrected chi connectivity index (χ3v) is 6.76. The first kappa shape index (κ1) is 22.9. The molecule has 0 unspecified atom stereocenters. The maximum absolute atomic E-state index is 13.4. The van der Waals surface area contributed by atoms with Crippen LogP contribution in [0, 0.1) is 0 Å². The Morgan fingerprint density at radius 1 is 0.971 bits per heavy atom. The van der Waals surface area contributed by atoms with Gasteiger partial charge in [0.1, 0.15) is 11.5 Å². The second-order valence-electron chi connectivity index (χ2n) is 9.17. The lowest BCUT2D eigenvalue weighted by Gasteiger charge is -2.40. The number of fused-ring (bicyclic) bond motifs is 1. The molecule has 35 heavy (non-hydrogen) atoms. The molecule has 0 spiro atoms. The van der Waals surface area contributed by atoms with E-state index in [9.17, 15) is 15.0 Å². The van der Waals surface area contributed by atoms with Crippen LogP contribution in [0.2, 0.25) is 0 Å². The molecule has 3 N–H and O–H groups in total. The van der Waals surface area contributed by atoms with Crippen LogP contribution in [0.3, 0.4) is 0 Å². The van der Waals surface area contributed by atoms with E-state index in [-0.39, 0.29) is 29.5 Å². The summed E-state index contributed by atoms with van der Waals surface area (Å²) < 4.78 is 0. The summed E-state index contributed by atoms with van der Waals surface area (Å²) in [7, 11) is 0. The van der Waals surface area contributed by atoms with Crippen LogP contribution in [-0.2, 0) is 13.0 Å². The number of phenols is 2. The van der Waals surface area contributed by atoms with Crippen LogP contribution in [-0.4, -0.2) is 44.6 Å². The predicted molar refractivity (Wildman–Crippen MR) is 136 cm³/mol. The number of aromatic nitrogens is 1. The number of nitrogens with one attached hydrogen (secondary N) is 1. The summed E-state index contributed by atoms with van der Waals surface area (Å²) in [4.78, 5) is 19.8. The average Bonchev–Trinajstić information content (AvgIpc) is 2.87. The number of hydrogen-bond acceptors (Lipinski definition) is 5. The number of rotatable bonds is 6. The number of piperidine rings is 1. The minimum atomic E-state index is -0.171. The van der Waals surface area contributed by atoms with Gasteiger partial charge in [-0.2, -0.15) is 0 Å². The summed E-state index contributed by atoms with van der Waals surface area (Å²) in [6, 6.07) is 24.7. The molecule has 4 aromatic rings. The van der Waals surface area contributed by atoms with Crippen molar-refractivity contribution in [2.24, 2.45) is 0 Å². The number of phenolic OH excluding ortho intramolecular Hbond substituents is 2. The molecule has 6 nitrogen and oxygen atoms in total. The summed E-state index contributed by atoms with van der Waals surface area (Å²) in [6.45, 7) is 1.33. The second kappa shape index (κ2) is 10.2. The molecule has 3 aromatic carbocycles. The standard InChI is InChI=1S/C29H29N3O3/c33-25-15-22(16-26(34)18-25)29(35)32-13-11-23(17-24(32)14-20-6-2-1-3-7-20)31-19-21-10-12-30-28-9-5-4-8-27(21)28/h1-10,12,15-16,18,23-24,31,33-34H,11,13-14,17,19H2/t23-,24+/m0/s1. The molecule has 1 fully saturated rings. The van der Waals surface area contributed by atoms with Crippen LogP contribution in [0.1, 0.15) is 34.3 Å². The van der Waals surface area contributed by atoms with Crippen molar-refractivity contribution < 1.29 is 15.0 Å². The SMILES string of the molecule is O=C(c1cc(O)cc(O)c1)N1CC[C@H](NCc2ccnc3ccccc23)C[C@H]1Cc1ccccc1. The Morgan fingerprint density at radius 2 is 1.71 bits per heavy atom. The molecule has 1 aliphatic heterocycles. The fraction of sp³-hybridized carbons (Fsp3) is 0.241. The van der Waals surface area contributed by atoms with Gasteiger partial charge in [-0.1, -0.05) is 48.5 Å². The number of nitrogens with zero attached hydrogens (tertiary/aromatic N) is 2. The lowest BCUT2D eigenvalue weighted by atomic mass is 9.91. The van der Waals surface area contributed by atoms with Crippen molar-refractivity contribution in [1.29, 1.82) is 0 Å². The first-order valence-electron chi connectivity index (χ1n) is 12.0. The average molecular weight is 468 g/mol. The van der Waals surface area contributed by atoms with E-state index in [2.05, 4.69) is 34.6 Å². The summed E-state index contributed by atoms with van der Waals surface area (Å²) >= 11 is 0. The van der Waals surface area contributed by atoms with Crippen LogP contribution in [0.5, 0.6) is 11.5 Å². The van der Waals surface area contributed by atoms with Gasteiger partial charge < -0.3 is 20.4 Å². The van der Waals surface area contributed by atoms with E-state index >= 15 is 0 Å². The maximum Gasteiger partial charge on any atom is 0.254 e. The largest absolute Gasteiger partial charge is 0.508 e. The number of benzene rings is 3. The second-order valence-corrected chi connectivity index (χ2v) is 9.17. The van der Waals surface area contributed by atoms with E-state index in [4.69, 9.17) is 0 Å². The smallest absolute Gasteiger partial charge is 0.254 e. The zero-order valence-electron chi connectivity index (χ0n) is 19.5. The molecule has 5 rings (SSSR count). The zero-order chi connectivity index (χ0) is 24.2. The fourth-order valence-corrected chi connectivity index (χ4v) is 5.03. The van der Waals surface area contributed by atoms with Gasteiger partial charge in [0, 0.05) is 48.4 Å². The lowest BCUT2D eigenvalue weighted by Crippen LogP contribution is -2.51. The van der Waals surface area contributed by atoms with Crippen molar-refractivity contribution in [3.8, 4) is 11.5 Å². The molecule has 2 atom stereocenters. The fourth-order valence-electron chi connectivity index (χ4n) is 5.03. The minimum absolute atomic E-state index is 0.00479. The number of pyridine rings is 1. The first-order valence-corrected chi connectivity index (χ1v) is 12.0. The van der Waals surface area contributed by atoms with Crippen LogP contribution in [0.4, 0.5) is 0 Å². The zero-order valence-corrected chi connectivity index (χ0v) is 19.5. The molecule has 2 heterocycles. The Hall–Kier alpha value is -3.90. The highest BCUT2D eigenvalue weighted by Gasteiger charge is 2.32. The Bertz CT molecular complexity index is 1300. The Labute approximate surface area is 204 Å². The van der Waals surface area contributed by atoms with Gasteiger partial charge in [0.2, 0.25) is 0 Å². The van der Waals surface area contributed by atoms with Gasteiger partial charge in [0.25, 0.3) is 5.91 Å². The van der Waals surface area contributed by atoms with E-state index in [0.29, 0.717) is 12.1 Å². The highest BCUT2D eigenvalue weighted by molar-refractivity contribution is 5.95. The van der Waals surface area contributed by atoms with E-state index in [0.717, 1.165) is 36.7 Å². The minimum Gasteiger partial charge on any atom is -0.508 e. The predicted octanol–water partition coefficient (Wildman–Crippen LogP) is 4.65. The molecule has 1 aliphatic rings. The molecule has 6 heteroatoms. The Morgan fingerprint density at radius 3 is 2.51 bits per heavy atom. The normalized spacial score (nSPS) is 18.0. The van der Waals surface area contributed by atoms with Gasteiger partial charge >= 0.3 is 0 Å². The summed E-state index contributed by atoms with van der Waals surface area (Å²) in [5, 5.41) is 24.7. The Kier molecular flexibility index (Phi) is 6.64. The van der Waals surface area contributed by atoms with Crippen LogP contribution >= 0.6 is 0 Å². The molecule has 178 valence electrons. The third-order valence-electron chi connectivity index (χ3n) is 6.76. The highest BCUT2D eigenvalue weighted by Crippen LogP contribution is 2.27. The van der Waals surface area contributed by atoms with Crippen LogP contribution in [0.15, 0.2) is 85.1 Å². The summed E-state index contributed by atoms with van der Waals surface area (Å²) in [5.74, 6) is -0.404. The van der Waals surface area contributed by atoms with Crippen LogP contribution < -0.4 is 5.32 Å². The molecule has 1 aromatic heterocycles. The monoisotopic (exact) mass is 467 g/mol. The van der Waals surface area contributed by atoms with Gasteiger partial charge in [0.05, 0.1) is 5.52 Å². The number of amides is 1. The number of likely N-dealkylation sites (tertiary alicyclic amines) is 1. The molecule has 1 saturated heterocycles. The van der Waals surface area contributed by atoms with Gasteiger partial charge in [-0.05, 0) is 54.7 Å². The first-order chi connectivity index (χ1) is 17.1. The molecule has 0 saturated carbocycles. The molecule has 0 radical (unpaired) electrons. The molecule has 0 aliphatic carbocycles.